The summed E-state index contributed by atoms with van der Waals surface area (Å²) in [7, 11) is 0. The van der Waals surface area contributed by atoms with Gasteiger partial charge in [0.25, 0.3) is 5.91 Å². The number of para-hydroxylation sites is 1. The minimum atomic E-state index is -0.178. The predicted molar refractivity (Wildman–Crippen MR) is 62.9 cm³/mol. The molecule has 92 valence electrons. The molecule has 0 radical (unpaired) electrons. The van der Waals surface area contributed by atoms with Crippen molar-refractivity contribution in [1.29, 1.82) is 0 Å². The maximum absolute atomic E-state index is 12.3. The summed E-state index contributed by atoms with van der Waals surface area (Å²) < 4.78 is 1.93. The van der Waals surface area contributed by atoms with E-state index in [2.05, 4.69) is 10.2 Å². The Morgan fingerprint density at radius 2 is 2.11 bits per heavy atom. The molecule has 1 amide bonds. The summed E-state index contributed by atoms with van der Waals surface area (Å²) in [5.74, 6) is 0.599. The van der Waals surface area contributed by atoms with Crippen molar-refractivity contribution >= 4 is 5.91 Å². The molecule has 1 aromatic carbocycles. The number of nitrogens with zero attached hydrogens (tertiary/aromatic N) is 4. The van der Waals surface area contributed by atoms with Crippen LogP contribution in [-0.2, 0) is 13.1 Å². The molecule has 0 spiro atoms. The van der Waals surface area contributed by atoms with Crippen LogP contribution in [0.15, 0.2) is 30.6 Å². The first-order chi connectivity index (χ1) is 8.75. The Bertz CT molecular complexity index is 593. The van der Waals surface area contributed by atoms with Crippen molar-refractivity contribution in [2.75, 3.05) is 6.54 Å². The van der Waals surface area contributed by atoms with Gasteiger partial charge in [-0.1, -0.05) is 12.1 Å². The van der Waals surface area contributed by atoms with E-state index in [0.717, 1.165) is 5.82 Å². The normalized spacial score (nSPS) is 14.3. The minimum absolute atomic E-state index is 0.00883. The second-order valence-corrected chi connectivity index (χ2v) is 4.18. The van der Waals surface area contributed by atoms with Crippen LogP contribution in [0.5, 0.6) is 5.75 Å². The lowest BCUT2D eigenvalue weighted by molar-refractivity contribution is 0.0704. The second kappa shape index (κ2) is 4.14. The van der Waals surface area contributed by atoms with Gasteiger partial charge in [-0.05, 0) is 12.1 Å². The van der Waals surface area contributed by atoms with E-state index in [-0.39, 0.29) is 11.7 Å². The molecule has 6 heteroatoms. The molecule has 0 unspecified atom stereocenters. The van der Waals surface area contributed by atoms with Gasteiger partial charge in [-0.2, -0.15) is 0 Å². The van der Waals surface area contributed by atoms with Crippen LogP contribution >= 0.6 is 0 Å². The van der Waals surface area contributed by atoms with Crippen molar-refractivity contribution in [2.24, 2.45) is 0 Å². The molecular formula is C12H12N4O2. The van der Waals surface area contributed by atoms with Crippen LogP contribution in [0.1, 0.15) is 16.2 Å². The highest BCUT2D eigenvalue weighted by Gasteiger charge is 2.24. The maximum Gasteiger partial charge on any atom is 0.258 e. The van der Waals surface area contributed by atoms with Crippen molar-refractivity contribution in [1.82, 2.24) is 19.7 Å². The number of benzene rings is 1. The van der Waals surface area contributed by atoms with E-state index in [1.807, 2.05) is 4.57 Å². The Labute approximate surface area is 103 Å². The number of amides is 1. The number of hydrogen-bond donors (Lipinski definition) is 1. The molecule has 1 aliphatic rings. The fraction of sp³-hybridized carbons (Fsp3) is 0.250. The standard InChI is InChI=1S/C12H12N4O2/c17-10-4-2-1-3-9(10)12(18)15-5-6-16-8-13-14-11(16)7-15/h1-4,8,17H,5-7H2. The van der Waals surface area contributed by atoms with Crippen LogP contribution < -0.4 is 0 Å². The van der Waals surface area contributed by atoms with E-state index in [9.17, 15) is 9.90 Å². The zero-order chi connectivity index (χ0) is 12.5. The van der Waals surface area contributed by atoms with Gasteiger partial charge in [-0.25, -0.2) is 0 Å². The first kappa shape index (κ1) is 10.8. The molecule has 6 nitrogen and oxygen atoms in total. The van der Waals surface area contributed by atoms with Gasteiger partial charge < -0.3 is 14.6 Å². The third kappa shape index (κ3) is 1.71. The summed E-state index contributed by atoms with van der Waals surface area (Å²) in [6.45, 7) is 1.70. The summed E-state index contributed by atoms with van der Waals surface area (Å²) in [4.78, 5) is 13.9. The molecular weight excluding hydrogens is 232 g/mol. The Kier molecular flexibility index (Phi) is 2.47. The van der Waals surface area contributed by atoms with Crippen molar-refractivity contribution < 1.29 is 9.90 Å². The largest absolute Gasteiger partial charge is 0.507 e. The van der Waals surface area contributed by atoms with Crippen LogP contribution in [-0.4, -0.2) is 37.2 Å². The molecule has 18 heavy (non-hydrogen) atoms. The molecule has 1 aliphatic heterocycles. The zero-order valence-electron chi connectivity index (χ0n) is 9.65. The number of hydrogen-bond acceptors (Lipinski definition) is 4. The highest BCUT2D eigenvalue weighted by atomic mass is 16.3. The first-order valence-electron chi connectivity index (χ1n) is 5.69. The van der Waals surface area contributed by atoms with Gasteiger partial charge in [-0.15, -0.1) is 10.2 Å². The van der Waals surface area contributed by atoms with Gasteiger partial charge in [0.15, 0.2) is 5.82 Å². The number of rotatable bonds is 1. The van der Waals surface area contributed by atoms with Crippen LogP contribution in [0.25, 0.3) is 0 Å². The summed E-state index contributed by atoms with van der Waals surface area (Å²) in [5, 5.41) is 17.5. The van der Waals surface area contributed by atoms with Crippen LogP contribution in [0.4, 0.5) is 0 Å². The molecule has 0 bridgehead atoms. The van der Waals surface area contributed by atoms with Gasteiger partial charge in [0.05, 0.1) is 12.1 Å². The first-order valence-corrected chi connectivity index (χ1v) is 5.69. The van der Waals surface area contributed by atoms with E-state index < -0.39 is 0 Å². The fourth-order valence-electron chi connectivity index (χ4n) is 2.06. The number of aromatic nitrogens is 3. The molecule has 0 fully saturated rings. The average molecular weight is 244 g/mol. The molecule has 2 aromatic rings. The molecule has 0 aliphatic carbocycles. The van der Waals surface area contributed by atoms with Crippen LogP contribution in [0, 0.1) is 0 Å². The summed E-state index contributed by atoms with van der Waals surface area (Å²) in [5.41, 5.74) is 0.325. The number of phenols is 1. The fourth-order valence-corrected chi connectivity index (χ4v) is 2.06. The Hall–Kier alpha value is -2.37. The quantitative estimate of drug-likeness (QED) is 0.799. The third-order valence-corrected chi connectivity index (χ3v) is 3.06. The summed E-state index contributed by atoms with van der Waals surface area (Å²) >= 11 is 0. The minimum Gasteiger partial charge on any atom is -0.507 e. The highest BCUT2D eigenvalue weighted by Crippen LogP contribution is 2.20. The Morgan fingerprint density at radius 3 is 2.94 bits per heavy atom. The number of carbonyl (C=O) groups is 1. The lowest BCUT2D eigenvalue weighted by Gasteiger charge is -2.27. The van der Waals surface area contributed by atoms with Crippen molar-refractivity contribution in [3.05, 3.63) is 42.0 Å². The Balaban J connectivity index is 1.85. The lowest BCUT2D eigenvalue weighted by Crippen LogP contribution is -2.38. The molecule has 3 rings (SSSR count). The van der Waals surface area contributed by atoms with Crippen molar-refractivity contribution in [3.63, 3.8) is 0 Å². The molecule has 0 saturated heterocycles. The highest BCUT2D eigenvalue weighted by molar-refractivity contribution is 5.96. The lowest BCUT2D eigenvalue weighted by atomic mass is 10.1. The number of carbonyl (C=O) groups excluding carboxylic acids is 1. The van der Waals surface area contributed by atoms with E-state index in [0.29, 0.717) is 25.2 Å². The van der Waals surface area contributed by atoms with Crippen molar-refractivity contribution in [3.8, 4) is 5.75 Å². The van der Waals surface area contributed by atoms with Gasteiger partial charge in [0.1, 0.15) is 12.1 Å². The number of fused-ring (bicyclic) bond motifs is 1. The van der Waals surface area contributed by atoms with Gasteiger partial charge in [0, 0.05) is 13.1 Å². The van der Waals surface area contributed by atoms with Crippen LogP contribution in [0.2, 0.25) is 0 Å². The van der Waals surface area contributed by atoms with E-state index in [4.69, 9.17) is 0 Å². The Morgan fingerprint density at radius 1 is 1.28 bits per heavy atom. The predicted octanol–water partition coefficient (Wildman–Crippen LogP) is 0.640. The monoisotopic (exact) mass is 244 g/mol. The number of aromatic hydroxyl groups is 1. The molecule has 1 aromatic heterocycles. The van der Waals surface area contributed by atoms with E-state index in [1.165, 1.54) is 6.07 Å². The molecule has 1 N–H and O–H groups in total. The van der Waals surface area contributed by atoms with E-state index in [1.54, 1.807) is 29.4 Å². The van der Waals surface area contributed by atoms with Gasteiger partial charge in [-0.3, -0.25) is 4.79 Å². The third-order valence-electron chi connectivity index (χ3n) is 3.06. The second-order valence-electron chi connectivity index (χ2n) is 4.18. The summed E-state index contributed by atoms with van der Waals surface area (Å²) in [6.07, 6.45) is 1.66. The zero-order valence-corrected chi connectivity index (χ0v) is 9.65. The molecule has 0 saturated carbocycles. The van der Waals surface area contributed by atoms with Gasteiger partial charge in [0.2, 0.25) is 0 Å². The van der Waals surface area contributed by atoms with Crippen LogP contribution in [0.3, 0.4) is 0 Å². The smallest absolute Gasteiger partial charge is 0.258 e. The average Bonchev–Trinajstić information content (AvgIpc) is 2.85. The SMILES string of the molecule is O=C(c1ccccc1O)N1CCn2cnnc2C1. The molecule has 2 heterocycles. The maximum atomic E-state index is 12.3. The summed E-state index contributed by atoms with van der Waals surface area (Å²) in [6, 6.07) is 6.56. The van der Waals surface area contributed by atoms with Gasteiger partial charge >= 0.3 is 0 Å². The molecule has 0 atom stereocenters. The van der Waals surface area contributed by atoms with Crippen molar-refractivity contribution in [2.45, 2.75) is 13.1 Å². The van der Waals surface area contributed by atoms with E-state index >= 15 is 0 Å². The number of phenolic OH excluding ortho intramolecular Hbond substituents is 1. The topological polar surface area (TPSA) is 71.2 Å².